The third kappa shape index (κ3) is 2.85. The second kappa shape index (κ2) is 5.67. The maximum atomic E-state index is 4.08. The third-order valence-electron chi connectivity index (χ3n) is 4.03. The highest BCUT2D eigenvalue weighted by molar-refractivity contribution is 5.55. The molecule has 1 aromatic carbocycles. The average molecular weight is 270 g/mol. The van der Waals surface area contributed by atoms with Gasteiger partial charge in [-0.25, -0.2) is 4.98 Å². The highest BCUT2D eigenvalue weighted by Gasteiger charge is 2.18. The number of aryl methyl sites for hydroxylation is 2. The Bertz CT molecular complexity index is 554. The van der Waals surface area contributed by atoms with E-state index in [1.54, 1.807) is 6.33 Å². The summed E-state index contributed by atoms with van der Waals surface area (Å²) in [6.07, 6.45) is 3.67. The van der Waals surface area contributed by atoms with E-state index < -0.39 is 0 Å². The highest BCUT2D eigenvalue weighted by Crippen LogP contribution is 2.23. The number of hydrogen-bond donors (Lipinski definition) is 1. The molecule has 0 amide bonds. The average Bonchev–Trinajstić information content (AvgIpc) is 2.95. The predicted octanol–water partition coefficient (Wildman–Crippen LogP) is 2.35. The van der Waals surface area contributed by atoms with E-state index >= 15 is 0 Å². The molecule has 2 aromatic rings. The molecule has 106 valence electrons. The molecule has 0 unspecified atom stereocenters. The molecule has 0 saturated carbocycles. The number of nitrogens with one attached hydrogen (secondary N) is 1. The fraction of sp³-hybridized carbons (Fsp3) is 0.438. The van der Waals surface area contributed by atoms with E-state index in [2.05, 4.69) is 51.8 Å². The Balaban J connectivity index is 1.62. The van der Waals surface area contributed by atoms with Crippen LogP contribution >= 0.6 is 0 Å². The van der Waals surface area contributed by atoms with E-state index in [0.29, 0.717) is 0 Å². The molecule has 1 aliphatic heterocycles. The largest absolute Gasteiger partial charge is 0.369 e. The maximum absolute atomic E-state index is 4.08. The van der Waals surface area contributed by atoms with Gasteiger partial charge in [0.15, 0.2) is 0 Å². The molecule has 1 saturated heterocycles. The van der Waals surface area contributed by atoms with E-state index in [0.717, 1.165) is 32.7 Å². The first-order valence-electron chi connectivity index (χ1n) is 7.24. The van der Waals surface area contributed by atoms with Crippen LogP contribution in [0.4, 0.5) is 5.69 Å². The lowest BCUT2D eigenvalue weighted by molar-refractivity contribution is 0.247. The maximum Gasteiger partial charge on any atom is 0.0922 e. The fourth-order valence-electron chi connectivity index (χ4n) is 2.82. The van der Waals surface area contributed by atoms with Crippen LogP contribution in [-0.4, -0.2) is 41.0 Å². The summed E-state index contributed by atoms with van der Waals surface area (Å²) in [6, 6.07) is 6.72. The normalized spacial score (nSPS) is 16.6. The zero-order valence-electron chi connectivity index (χ0n) is 12.3. The second-order valence-electron chi connectivity index (χ2n) is 5.63. The van der Waals surface area contributed by atoms with Gasteiger partial charge in [0, 0.05) is 50.3 Å². The monoisotopic (exact) mass is 270 g/mol. The summed E-state index contributed by atoms with van der Waals surface area (Å²) in [4.78, 5) is 12.2. The third-order valence-corrected chi connectivity index (χ3v) is 4.03. The van der Waals surface area contributed by atoms with E-state index in [1.165, 1.54) is 22.5 Å². The van der Waals surface area contributed by atoms with Gasteiger partial charge < -0.3 is 9.88 Å². The number of aromatic nitrogens is 2. The van der Waals surface area contributed by atoms with Crippen LogP contribution in [0.3, 0.4) is 0 Å². The Kier molecular flexibility index (Phi) is 3.74. The molecule has 0 radical (unpaired) electrons. The van der Waals surface area contributed by atoms with Crippen molar-refractivity contribution in [2.75, 3.05) is 31.1 Å². The van der Waals surface area contributed by atoms with E-state index in [1.807, 2.05) is 6.20 Å². The molecule has 0 aliphatic carbocycles. The summed E-state index contributed by atoms with van der Waals surface area (Å²) in [5, 5.41) is 0. The van der Waals surface area contributed by atoms with Crippen molar-refractivity contribution in [3.8, 4) is 0 Å². The quantitative estimate of drug-likeness (QED) is 0.930. The van der Waals surface area contributed by atoms with Gasteiger partial charge in [0.2, 0.25) is 0 Å². The van der Waals surface area contributed by atoms with E-state index in [-0.39, 0.29) is 0 Å². The number of benzene rings is 1. The van der Waals surface area contributed by atoms with Crippen molar-refractivity contribution >= 4 is 5.69 Å². The molecule has 1 aromatic heterocycles. The van der Waals surface area contributed by atoms with Crippen molar-refractivity contribution in [1.82, 2.24) is 14.9 Å². The number of hydrogen-bond acceptors (Lipinski definition) is 3. The van der Waals surface area contributed by atoms with Crippen molar-refractivity contribution in [3.63, 3.8) is 0 Å². The number of rotatable bonds is 3. The number of anilines is 1. The first-order valence-corrected chi connectivity index (χ1v) is 7.24. The lowest BCUT2D eigenvalue weighted by Crippen LogP contribution is -2.46. The number of piperazine rings is 1. The second-order valence-corrected chi connectivity index (χ2v) is 5.63. The molecule has 0 spiro atoms. The van der Waals surface area contributed by atoms with Crippen molar-refractivity contribution in [2.24, 2.45) is 0 Å². The standard InChI is InChI=1S/C16H22N4/c1-13-3-4-14(2)16(9-13)20-7-5-19(6-8-20)11-15-10-17-12-18-15/h3-4,9-10,12H,5-8,11H2,1-2H3,(H,17,18). The topological polar surface area (TPSA) is 35.2 Å². The Morgan fingerprint density at radius 3 is 2.65 bits per heavy atom. The molecular formula is C16H22N4. The minimum Gasteiger partial charge on any atom is -0.369 e. The van der Waals surface area contributed by atoms with Gasteiger partial charge in [0.1, 0.15) is 0 Å². The van der Waals surface area contributed by atoms with Crippen LogP contribution in [0.15, 0.2) is 30.7 Å². The number of imidazole rings is 1. The van der Waals surface area contributed by atoms with Crippen LogP contribution in [-0.2, 0) is 6.54 Å². The highest BCUT2D eigenvalue weighted by atomic mass is 15.3. The van der Waals surface area contributed by atoms with Crippen molar-refractivity contribution in [3.05, 3.63) is 47.5 Å². The van der Waals surface area contributed by atoms with Gasteiger partial charge >= 0.3 is 0 Å². The molecule has 4 heteroatoms. The SMILES string of the molecule is Cc1ccc(C)c(N2CCN(Cc3cnc[nH]3)CC2)c1. The van der Waals surface area contributed by atoms with Crippen molar-refractivity contribution in [2.45, 2.75) is 20.4 Å². The van der Waals surface area contributed by atoms with Gasteiger partial charge in [0.05, 0.1) is 6.33 Å². The Morgan fingerprint density at radius 2 is 1.95 bits per heavy atom. The predicted molar refractivity (Wildman–Crippen MR) is 82.0 cm³/mol. The van der Waals surface area contributed by atoms with E-state index in [9.17, 15) is 0 Å². The Hall–Kier alpha value is -1.81. The Morgan fingerprint density at radius 1 is 1.15 bits per heavy atom. The van der Waals surface area contributed by atoms with Crippen LogP contribution in [0.1, 0.15) is 16.8 Å². The van der Waals surface area contributed by atoms with Gasteiger partial charge in [-0.15, -0.1) is 0 Å². The Labute approximate surface area is 120 Å². The van der Waals surface area contributed by atoms with Crippen molar-refractivity contribution in [1.29, 1.82) is 0 Å². The summed E-state index contributed by atoms with van der Waals surface area (Å²) >= 11 is 0. The molecule has 0 atom stereocenters. The van der Waals surface area contributed by atoms with Gasteiger partial charge in [-0.2, -0.15) is 0 Å². The molecule has 4 nitrogen and oxygen atoms in total. The molecule has 2 heterocycles. The molecule has 1 fully saturated rings. The van der Waals surface area contributed by atoms with Crippen LogP contribution < -0.4 is 4.90 Å². The van der Waals surface area contributed by atoms with Gasteiger partial charge in [-0.3, -0.25) is 4.90 Å². The van der Waals surface area contributed by atoms with Crippen LogP contribution in [0, 0.1) is 13.8 Å². The van der Waals surface area contributed by atoms with Gasteiger partial charge in [0.25, 0.3) is 0 Å². The minimum atomic E-state index is 0.973. The zero-order chi connectivity index (χ0) is 13.9. The van der Waals surface area contributed by atoms with Crippen LogP contribution in [0.2, 0.25) is 0 Å². The molecule has 20 heavy (non-hydrogen) atoms. The summed E-state index contributed by atoms with van der Waals surface area (Å²) in [5.41, 5.74) is 5.31. The summed E-state index contributed by atoms with van der Waals surface area (Å²) < 4.78 is 0. The molecule has 3 rings (SSSR count). The minimum absolute atomic E-state index is 0.973. The smallest absolute Gasteiger partial charge is 0.0922 e. The lowest BCUT2D eigenvalue weighted by atomic mass is 10.1. The fourth-order valence-corrected chi connectivity index (χ4v) is 2.82. The molecule has 1 aliphatic rings. The van der Waals surface area contributed by atoms with Gasteiger partial charge in [-0.1, -0.05) is 12.1 Å². The first-order chi connectivity index (χ1) is 9.72. The van der Waals surface area contributed by atoms with Crippen LogP contribution in [0.25, 0.3) is 0 Å². The van der Waals surface area contributed by atoms with Crippen molar-refractivity contribution < 1.29 is 0 Å². The summed E-state index contributed by atoms with van der Waals surface area (Å²) in [6.45, 7) is 9.74. The number of nitrogens with zero attached hydrogens (tertiary/aromatic N) is 3. The lowest BCUT2D eigenvalue weighted by Gasteiger charge is -2.36. The van der Waals surface area contributed by atoms with E-state index in [4.69, 9.17) is 0 Å². The number of H-pyrrole nitrogens is 1. The van der Waals surface area contributed by atoms with Gasteiger partial charge in [-0.05, 0) is 31.0 Å². The number of aromatic amines is 1. The van der Waals surface area contributed by atoms with Crippen LogP contribution in [0.5, 0.6) is 0 Å². The molecule has 1 N–H and O–H groups in total. The molecule has 0 bridgehead atoms. The zero-order valence-corrected chi connectivity index (χ0v) is 12.3. The molecular weight excluding hydrogens is 248 g/mol. The first kappa shape index (κ1) is 13.2. The summed E-state index contributed by atoms with van der Waals surface area (Å²) in [7, 11) is 0. The summed E-state index contributed by atoms with van der Waals surface area (Å²) in [5.74, 6) is 0.